The molecule has 1 atom stereocenters. The van der Waals surface area contributed by atoms with Crippen LogP contribution >= 0.6 is 0 Å². The Hall–Kier alpha value is -1.02. The molecule has 2 heteroatoms. The average Bonchev–Trinajstić information content (AvgIpc) is 2.20. The number of benzene rings is 1. The van der Waals surface area contributed by atoms with Crippen LogP contribution in [-0.2, 0) is 0 Å². The van der Waals surface area contributed by atoms with Crippen LogP contribution in [0.2, 0.25) is 0 Å². The molecule has 2 nitrogen and oxygen atoms in total. The Morgan fingerprint density at radius 1 is 1.23 bits per heavy atom. The molecule has 0 radical (unpaired) electrons. The highest BCUT2D eigenvalue weighted by Crippen LogP contribution is 2.27. The van der Waals surface area contributed by atoms with Gasteiger partial charge in [-0.15, -0.1) is 13.1 Å². The first-order valence-corrected chi connectivity index (χ1v) is 4.85. The third-order valence-corrected chi connectivity index (χ3v) is 2.63. The van der Waals surface area contributed by atoms with Crippen LogP contribution in [0.15, 0.2) is 24.3 Å². The third kappa shape index (κ3) is 2.01. The Morgan fingerprint density at radius 3 is 2.62 bits per heavy atom. The van der Waals surface area contributed by atoms with E-state index >= 15 is 0 Å². The minimum atomic E-state index is 0.634. The molecule has 1 aliphatic rings. The van der Waals surface area contributed by atoms with Crippen molar-refractivity contribution < 1.29 is 0 Å². The molecule has 1 fully saturated rings. The van der Waals surface area contributed by atoms with Crippen molar-refractivity contribution in [2.75, 3.05) is 18.8 Å². The molecule has 0 amide bonds. The van der Waals surface area contributed by atoms with Gasteiger partial charge in [0.1, 0.15) is 0 Å². The van der Waals surface area contributed by atoms with Crippen LogP contribution in [0.5, 0.6) is 0 Å². The molecule has 2 rings (SSSR count). The SMILES string of the molecule is Nc1ccc([C@@H]2CCC[N-]C2)cc1. The summed E-state index contributed by atoms with van der Waals surface area (Å²) in [5.41, 5.74) is 7.86. The van der Waals surface area contributed by atoms with Gasteiger partial charge in [-0.05, 0) is 30.0 Å². The van der Waals surface area contributed by atoms with Crippen molar-refractivity contribution in [1.82, 2.24) is 0 Å². The second-order valence-corrected chi connectivity index (χ2v) is 3.64. The lowest BCUT2D eigenvalue weighted by Gasteiger charge is -2.33. The van der Waals surface area contributed by atoms with Gasteiger partial charge in [0.05, 0.1) is 0 Å². The highest BCUT2D eigenvalue weighted by Gasteiger charge is 2.08. The molecule has 0 aliphatic carbocycles. The van der Waals surface area contributed by atoms with Crippen LogP contribution < -0.4 is 5.73 Å². The predicted octanol–water partition coefficient (Wildman–Crippen LogP) is 2.52. The summed E-state index contributed by atoms with van der Waals surface area (Å²) in [6.07, 6.45) is 2.50. The van der Waals surface area contributed by atoms with Gasteiger partial charge in [0.25, 0.3) is 0 Å². The molecule has 1 aliphatic heterocycles. The fourth-order valence-corrected chi connectivity index (χ4v) is 1.83. The van der Waals surface area contributed by atoms with E-state index in [9.17, 15) is 0 Å². The Bertz CT molecular complexity index is 260. The number of nitrogens with zero attached hydrogens (tertiary/aromatic N) is 1. The number of rotatable bonds is 1. The van der Waals surface area contributed by atoms with E-state index in [0.717, 1.165) is 18.8 Å². The summed E-state index contributed by atoms with van der Waals surface area (Å²) in [6, 6.07) is 8.20. The lowest BCUT2D eigenvalue weighted by molar-refractivity contribution is 0.582. The zero-order valence-corrected chi connectivity index (χ0v) is 7.74. The van der Waals surface area contributed by atoms with Crippen LogP contribution in [0.4, 0.5) is 5.69 Å². The lowest BCUT2D eigenvalue weighted by atomic mass is 9.92. The van der Waals surface area contributed by atoms with Crippen LogP contribution in [0.3, 0.4) is 0 Å². The molecule has 0 aromatic heterocycles. The summed E-state index contributed by atoms with van der Waals surface area (Å²) in [5, 5.41) is 4.43. The molecular weight excluding hydrogens is 160 g/mol. The minimum Gasteiger partial charge on any atom is -0.662 e. The van der Waals surface area contributed by atoms with Gasteiger partial charge in [0.15, 0.2) is 0 Å². The number of anilines is 1. The van der Waals surface area contributed by atoms with E-state index in [1.807, 2.05) is 12.1 Å². The fraction of sp³-hybridized carbons (Fsp3) is 0.455. The number of hydrogen-bond donors (Lipinski definition) is 1. The number of nitrogens with two attached hydrogens (primary N) is 1. The summed E-state index contributed by atoms with van der Waals surface area (Å²) in [7, 11) is 0. The van der Waals surface area contributed by atoms with Gasteiger partial charge in [-0.25, -0.2) is 0 Å². The summed E-state index contributed by atoms with van der Waals surface area (Å²) in [5.74, 6) is 0.634. The maximum Gasteiger partial charge on any atom is 0.0314 e. The predicted molar refractivity (Wildman–Crippen MR) is 55.9 cm³/mol. The first kappa shape index (κ1) is 8.57. The summed E-state index contributed by atoms with van der Waals surface area (Å²) in [4.78, 5) is 0. The normalized spacial score (nSPS) is 22.9. The van der Waals surface area contributed by atoms with Crippen molar-refractivity contribution >= 4 is 5.69 Å². The molecule has 1 saturated heterocycles. The Kier molecular flexibility index (Phi) is 2.50. The number of nitrogen functional groups attached to an aromatic ring is 1. The molecule has 1 aromatic carbocycles. The Labute approximate surface area is 79.1 Å². The smallest absolute Gasteiger partial charge is 0.0314 e. The molecule has 70 valence electrons. The zero-order chi connectivity index (χ0) is 9.10. The summed E-state index contributed by atoms with van der Waals surface area (Å²) < 4.78 is 0. The molecule has 1 heterocycles. The molecule has 0 bridgehead atoms. The molecule has 13 heavy (non-hydrogen) atoms. The van der Waals surface area contributed by atoms with E-state index in [0.29, 0.717) is 5.92 Å². The summed E-state index contributed by atoms with van der Waals surface area (Å²) >= 11 is 0. The minimum absolute atomic E-state index is 0.634. The second-order valence-electron chi connectivity index (χ2n) is 3.64. The fourth-order valence-electron chi connectivity index (χ4n) is 1.83. The van der Waals surface area contributed by atoms with Crippen molar-refractivity contribution in [3.8, 4) is 0 Å². The van der Waals surface area contributed by atoms with Crippen molar-refractivity contribution in [3.63, 3.8) is 0 Å². The van der Waals surface area contributed by atoms with Gasteiger partial charge in [-0.1, -0.05) is 18.6 Å². The molecule has 0 saturated carbocycles. The quantitative estimate of drug-likeness (QED) is 0.654. The Balaban J connectivity index is 2.10. The molecular formula is C11H15N2-. The largest absolute Gasteiger partial charge is 0.662 e. The highest BCUT2D eigenvalue weighted by molar-refractivity contribution is 5.40. The van der Waals surface area contributed by atoms with Gasteiger partial charge in [0, 0.05) is 5.69 Å². The molecule has 1 aromatic rings. The molecule has 0 unspecified atom stereocenters. The van der Waals surface area contributed by atoms with Gasteiger partial charge >= 0.3 is 0 Å². The second kappa shape index (κ2) is 3.79. The van der Waals surface area contributed by atoms with Gasteiger partial charge in [-0.3, -0.25) is 0 Å². The lowest BCUT2D eigenvalue weighted by Crippen LogP contribution is -2.11. The molecule has 2 N–H and O–H groups in total. The van der Waals surface area contributed by atoms with Crippen LogP contribution in [-0.4, -0.2) is 13.1 Å². The van der Waals surface area contributed by atoms with Crippen LogP contribution in [0.25, 0.3) is 5.32 Å². The van der Waals surface area contributed by atoms with Crippen molar-refractivity contribution in [1.29, 1.82) is 0 Å². The van der Waals surface area contributed by atoms with Gasteiger partial charge in [-0.2, -0.15) is 0 Å². The van der Waals surface area contributed by atoms with E-state index < -0.39 is 0 Å². The van der Waals surface area contributed by atoms with E-state index in [1.165, 1.54) is 18.4 Å². The summed E-state index contributed by atoms with van der Waals surface area (Å²) in [6.45, 7) is 2.04. The van der Waals surface area contributed by atoms with Crippen LogP contribution in [0.1, 0.15) is 24.3 Å². The van der Waals surface area contributed by atoms with E-state index in [4.69, 9.17) is 5.73 Å². The van der Waals surface area contributed by atoms with E-state index in [-0.39, 0.29) is 0 Å². The number of piperidine rings is 1. The van der Waals surface area contributed by atoms with Crippen molar-refractivity contribution in [3.05, 3.63) is 35.1 Å². The van der Waals surface area contributed by atoms with Gasteiger partial charge in [0.2, 0.25) is 0 Å². The van der Waals surface area contributed by atoms with Crippen LogP contribution in [0, 0.1) is 0 Å². The van der Waals surface area contributed by atoms with E-state index in [2.05, 4.69) is 17.4 Å². The zero-order valence-electron chi connectivity index (χ0n) is 7.74. The first-order valence-electron chi connectivity index (χ1n) is 4.85. The maximum atomic E-state index is 5.63. The first-order chi connectivity index (χ1) is 6.36. The highest BCUT2D eigenvalue weighted by atomic mass is 14.9. The Morgan fingerprint density at radius 2 is 2.00 bits per heavy atom. The van der Waals surface area contributed by atoms with Crippen molar-refractivity contribution in [2.24, 2.45) is 0 Å². The standard InChI is InChI=1S/C11H15N2/c12-11-5-3-9(4-6-11)10-2-1-7-13-8-10/h3-6,10H,1-2,7-8,12H2/q-1/t10-/m1/s1. The maximum absolute atomic E-state index is 5.63. The van der Waals surface area contributed by atoms with Crippen molar-refractivity contribution in [2.45, 2.75) is 18.8 Å². The monoisotopic (exact) mass is 175 g/mol. The third-order valence-electron chi connectivity index (χ3n) is 2.63. The topological polar surface area (TPSA) is 40.1 Å². The van der Waals surface area contributed by atoms with E-state index in [1.54, 1.807) is 0 Å². The molecule has 0 spiro atoms. The van der Waals surface area contributed by atoms with Gasteiger partial charge < -0.3 is 11.1 Å². The number of hydrogen-bond acceptors (Lipinski definition) is 1. The average molecular weight is 175 g/mol.